The maximum Gasteiger partial charge on any atom is 0.256 e. The zero-order chi connectivity index (χ0) is 25.4. The van der Waals surface area contributed by atoms with E-state index in [1.54, 1.807) is 18.3 Å². The number of amides is 1. The smallest absolute Gasteiger partial charge is 0.256 e. The average Bonchev–Trinajstić information content (AvgIpc) is 2.86. The van der Waals surface area contributed by atoms with Gasteiger partial charge in [-0.15, -0.1) is 0 Å². The molecular weight excluding hydrogens is 476 g/mol. The predicted molar refractivity (Wildman–Crippen MR) is 145 cm³/mol. The Morgan fingerprint density at radius 3 is 2.69 bits per heavy atom. The number of nitrogens with zero attached hydrogens (tertiary/aromatic N) is 3. The monoisotopic (exact) mass is 508 g/mol. The predicted octanol–water partition coefficient (Wildman–Crippen LogP) is 3.99. The molecule has 0 radical (unpaired) electrons. The van der Waals surface area contributed by atoms with Gasteiger partial charge in [0.2, 0.25) is 5.43 Å². The lowest BCUT2D eigenvalue weighted by molar-refractivity contribution is 0.0949. The van der Waals surface area contributed by atoms with Crippen molar-refractivity contribution in [2.24, 2.45) is 0 Å². The van der Waals surface area contributed by atoms with Crippen molar-refractivity contribution in [1.82, 2.24) is 14.8 Å². The Morgan fingerprint density at radius 1 is 1.14 bits per heavy atom. The van der Waals surface area contributed by atoms with Crippen molar-refractivity contribution >= 4 is 34.1 Å². The van der Waals surface area contributed by atoms with Crippen LogP contribution in [0.4, 0.5) is 5.69 Å². The van der Waals surface area contributed by atoms with Crippen LogP contribution in [-0.4, -0.2) is 60.7 Å². The molecule has 7 nitrogen and oxygen atoms in total. The van der Waals surface area contributed by atoms with Gasteiger partial charge in [-0.2, -0.15) is 0 Å². The van der Waals surface area contributed by atoms with Crippen molar-refractivity contribution in [2.75, 3.05) is 44.2 Å². The molecule has 1 N–H and O–H groups in total. The first-order valence-electron chi connectivity index (χ1n) is 12.7. The van der Waals surface area contributed by atoms with E-state index in [0.29, 0.717) is 34.8 Å². The second kappa shape index (κ2) is 10.1. The van der Waals surface area contributed by atoms with Crippen LogP contribution < -0.4 is 20.4 Å². The number of rotatable bonds is 6. The van der Waals surface area contributed by atoms with Crippen molar-refractivity contribution in [3.63, 3.8) is 0 Å². The number of piperazine rings is 1. The molecule has 1 fully saturated rings. The number of pyridine rings is 1. The largest absolute Gasteiger partial charge is 0.487 e. The lowest BCUT2D eigenvalue weighted by atomic mass is 10.1. The molecule has 36 heavy (non-hydrogen) atoms. The molecule has 3 aromatic rings. The summed E-state index contributed by atoms with van der Waals surface area (Å²) in [6, 6.07) is 10.1. The Kier molecular flexibility index (Phi) is 6.95. The fourth-order valence-corrected chi connectivity index (χ4v) is 5.50. The van der Waals surface area contributed by atoms with Crippen molar-refractivity contribution in [3.05, 3.63) is 68.5 Å². The van der Waals surface area contributed by atoms with Gasteiger partial charge < -0.3 is 19.5 Å². The summed E-state index contributed by atoms with van der Waals surface area (Å²) in [7, 11) is 0. The molecule has 2 aliphatic heterocycles. The lowest BCUT2D eigenvalue weighted by Crippen LogP contribution is -2.47. The van der Waals surface area contributed by atoms with Crippen LogP contribution >= 0.6 is 11.6 Å². The summed E-state index contributed by atoms with van der Waals surface area (Å²) in [5, 5.41) is 3.62. The summed E-state index contributed by atoms with van der Waals surface area (Å²) in [6.45, 7) is 12.2. The first-order chi connectivity index (χ1) is 17.3. The van der Waals surface area contributed by atoms with Crippen molar-refractivity contribution in [3.8, 4) is 5.75 Å². The SMILES string of the molecule is Cc1ccc(C)c(N2CCN(CCCNC(=O)c3cn4c5c(ccc(Cl)c5c3=O)OC(C)C4)CC2)c1. The summed E-state index contributed by atoms with van der Waals surface area (Å²) in [5.41, 5.74) is 4.35. The lowest BCUT2D eigenvalue weighted by Gasteiger charge is -2.37. The van der Waals surface area contributed by atoms with E-state index in [9.17, 15) is 9.59 Å². The normalized spacial score (nSPS) is 17.8. The Morgan fingerprint density at radius 2 is 1.92 bits per heavy atom. The number of ether oxygens (including phenoxy) is 1. The molecule has 190 valence electrons. The van der Waals surface area contributed by atoms with Crippen LogP contribution in [0.1, 0.15) is 34.8 Å². The van der Waals surface area contributed by atoms with Gasteiger partial charge in [0, 0.05) is 44.6 Å². The number of aryl methyl sites for hydroxylation is 2. The molecule has 2 aliphatic rings. The summed E-state index contributed by atoms with van der Waals surface area (Å²) in [5.74, 6) is 0.265. The number of aromatic nitrogens is 1. The number of halogens is 1. The molecule has 8 heteroatoms. The van der Waals surface area contributed by atoms with Gasteiger partial charge in [0.15, 0.2) is 0 Å². The third-order valence-electron chi connectivity index (χ3n) is 7.17. The molecule has 3 heterocycles. The number of hydrogen-bond donors (Lipinski definition) is 1. The zero-order valence-electron chi connectivity index (χ0n) is 21.1. The first-order valence-corrected chi connectivity index (χ1v) is 13.0. The van der Waals surface area contributed by atoms with Crippen LogP contribution in [0.15, 0.2) is 41.3 Å². The highest BCUT2D eigenvalue weighted by molar-refractivity contribution is 6.35. The van der Waals surface area contributed by atoms with Gasteiger partial charge in [0.25, 0.3) is 5.91 Å². The number of nitrogens with one attached hydrogen (secondary N) is 1. The fourth-order valence-electron chi connectivity index (χ4n) is 5.27. The van der Waals surface area contributed by atoms with Crippen LogP contribution in [0.2, 0.25) is 5.02 Å². The number of carbonyl (C=O) groups is 1. The van der Waals surface area contributed by atoms with E-state index in [1.165, 1.54) is 16.8 Å². The Balaban J connectivity index is 1.17. The standard InChI is InChI=1S/C28H33ClN4O3/c1-18-5-6-19(2)23(15-18)32-13-11-31(12-14-32)10-4-9-30-28(35)21-17-33-16-20(3)36-24-8-7-22(29)25(26(24)33)27(21)34/h5-8,15,17,20H,4,9-14,16H2,1-3H3,(H,30,35). The van der Waals surface area contributed by atoms with Crippen molar-refractivity contribution in [2.45, 2.75) is 39.8 Å². The third kappa shape index (κ3) is 4.82. The van der Waals surface area contributed by atoms with Gasteiger partial charge >= 0.3 is 0 Å². The van der Waals surface area contributed by atoms with E-state index < -0.39 is 0 Å². The maximum absolute atomic E-state index is 13.2. The molecule has 1 unspecified atom stereocenters. The quantitative estimate of drug-likeness (QED) is 0.510. The Labute approximate surface area is 216 Å². The maximum atomic E-state index is 13.2. The molecule has 2 aromatic carbocycles. The van der Waals surface area contributed by atoms with Gasteiger partial charge in [0.1, 0.15) is 17.4 Å². The van der Waals surface area contributed by atoms with Gasteiger partial charge in [-0.3, -0.25) is 14.5 Å². The van der Waals surface area contributed by atoms with Gasteiger partial charge in [-0.1, -0.05) is 23.7 Å². The molecule has 1 saturated heterocycles. The summed E-state index contributed by atoms with van der Waals surface area (Å²) in [6.07, 6.45) is 2.41. The molecule has 1 aromatic heterocycles. The summed E-state index contributed by atoms with van der Waals surface area (Å²) < 4.78 is 7.78. The number of anilines is 1. The third-order valence-corrected chi connectivity index (χ3v) is 7.49. The van der Waals surface area contributed by atoms with Gasteiger partial charge in [0.05, 0.1) is 22.5 Å². The highest BCUT2D eigenvalue weighted by Crippen LogP contribution is 2.33. The van der Waals surface area contributed by atoms with Crippen LogP contribution in [0.5, 0.6) is 5.75 Å². The minimum Gasteiger partial charge on any atom is -0.487 e. The molecule has 5 rings (SSSR count). The van der Waals surface area contributed by atoms with Gasteiger partial charge in [-0.25, -0.2) is 0 Å². The highest BCUT2D eigenvalue weighted by atomic mass is 35.5. The van der Waals surface area contributed by atoms with Crippen LogP contribution in [0, 0.1) is 13.8 Å². The summed E-state index contributed by atoms with van der Waals surface area (Å²) in [4.78, 5) is 31.0. The van der Waals surface area contributed by atoms with Crippen LogP contribution in [-0.2, 0) is 6.54 Å². The van der Waals surface area contributed by atoms with E-state index in [2.05, 4.69) is 47.2 Å². The first kappa shape index (κ1) is 24.7. The van der Waals surface area contributed by atoms with E-state index >= 15 is 0 Å². The second-order valence-corrected chi connectivity index (χ2v) is 10.4. The highest BCUT2D eigenvalue weighted by Gasteiger charge is 2.25. The molecule has 1 amide bonds. The topological polar surface area (TPSA) is 66.8 Å². The van der Waals surface area contributed by atoms with E-state index in [4.69, 9.17) is 16.3 Å². The summed E-state index contributed by atoms with van der Waals surface area (Å²) >= 11 is 6.37. The van der Waals surface area contributed by atoms with Crippen molar-refractivity contribution in [1.29, 1.82) is 0 Å². The molecule has 1 atom stereocenters. The molecular formula is C28H33ClN4O3. The van der Waals surface area contributed by atoms with Crippen LogP contribution in [0.25, 0.3) is 10.9 Å². The van der Waals surface area contributed by atoms with E-state index in [0.717, 1.165) is 39.1 Å². The fraction of sp³-hybridized carbons (Fsp3) is 0.429. The zero-order valence-corrected chi connectivity index (χ0v) is 21.9. The Bertz CT molecular complexity index is 1360. The Hall–Kier alpha value is -3.03. The van der Waals surface area contributed by atoms with E-state index in [1.807, 2.05) is 11.5 Å². The number of benzene rings is 2. The molecule has 0 spiro atoms. The second-order valence-electron chi connectivity index (χ2n) is 9.95. The van der Waals surface area contributed by atoms with E-state index in [-0.39, 0.29) is 23.0 Å². The average molecular weight is 509 g/mol. The minimum absolute atomic E-state index is 0.0596. The minimum atomic E-state index is -0.356. The van der Waals surface area contributed by atoms with Crippen LogP contribution in [0.3, 0.4) is 0 Å². The number of carbonyl (C=O) groups excluding carboxylic acids is 1. The van der Waals surface area contributed by atoms with Gasteiger partial charge in [-0.05, 0) is 63.1 Å². The number of hydrogen-bond acceptors (Lipinski definition) is 5. The van der Waals surface area contributed by atoms with Crippen molar-refractivity contribution < 1.29 is 9.53 Å². The molecule has 0 bridgehead atoms. The molecule has 0 saturated carbocycles. The molecule has 0 aliphatic carbocycles.